The second-order valence-corrected chi connectivity index (χ2v) is 10.2. The van der Waals surface area contributed by atoms with Crippen molar-refractivity contribution in [2.24, 2.45) is 0 Å². The Bertz CT molecular complexity index is 833. The number of nitrogens with one attached hydrogen (secondary N) is 1. The molecule has 31 heavy (non-hydrogen) atoms. The SMILES string of the molecule is CC(C)(C)c1ccc(OCCCC(=O)NC2CCN(C(=O)Cc3cccs3)CC2)cc1. The summed E-state index contributed by atoms with van der Waals surface area (Å²) in [5, 5.41) is 5.11. The van der Waals surface area contributed by atoms with Gasteiger partial charge in [-0.15, -0.1) is 11.3 Å². The summed E-state index contributed by atoms with van der Waals surface area (Å²) in [5.41, 5.74) is 1.41. The highest BCUT2D eigenvalue weighted by atomic mass is 32.1. The Labute approximate surface area is 189 Å². The van der Waals surface area contributed by atoms with Crippen molar-refractivity contribution in [3.63, 3.8) is 0 Å². The molecule has 3 rings (SSSR count). The Hall–Kier alpha value is -2.34. The molecule has 2 heterocycles. The van der Waals surface area contributed by atoms with Crippen LogP contribution in [0, 0.1) is 0 Å². The Morgan fingerprint density at radius 1 is 1.13 bits per heavy atom. The summed E-state index contributed by atoms with van der Waals surface area (Å²) in [5.74, 6) is 1.09. The Kier molecular flexibility index (Phi) is 8.13. The Morgan fingerprint density at radius 2 is 1.84 bits per heavy atom. The maximum atomic E-state index is 12.4. The van der Waals surface area contributed by atoms with E-state index in [1.807, 2.05) is 34.5 Å². The zero-order valence-corrected chi connectivity index (χ0v) is 19.7. The average molecular weight is 443 g/mol. The molecular formula is C25H34N2O3S. The highest BCUT2D eigenvalue weighted by molar-refractivity contribution is 7.10. The van der Waals surface area contributed by atoms with Crippen LogP contribution in [0.2, 0.25) is 0 Å². The third kappa shape index (κ3) is 7.39. The molecule has 1 N–H and O–H groups in total. The molecule has 1 fully saturated rings. The van der Waals surface area contributed by atoms with E-state index >= 15 is 0 Å². The second-order valence-electron chi connectivity index (χ2n) is 9.21. The van der Waals surface area contributed by atoms with Crippen LogP contribution >= 0.6 is 11.3 Å². The van der Waals surface area contributed by atoms with Gasteiger partial charge in [-0.3, -0.25) is 9.59 Å². The Balaban J connectivity index is 1.29. The fourth-order valence-electron chi connectivity index (χ4n) is 3.72. The molecule has 6 heteroatoms. The lowest BCUT2D eigenvalue weighted by atomic mass is 9.87. The molecule has 1 saturated heterocycles. The predicted octanol–water partition coefficient (Wildman–Crippen LogP) is 4.55. The van der Waals surface area contributed by atoms with Crippen molar-refractivity contribution in [3.05, 3.63) is 52.2 Å². The first-order valence-electron chi connectivity index (χ1n) is 11.1. The number of likely N-dealkylation sites (tertiary alicyclic amines) is 1. The number of amides is 2. The van der Waals surface area contributed by atoms with Crippen molar-refractivity contribution < 1.29 is 14.3 Å². The number of hydrogen-bond donors (Lipinski definition) is 1. The lowest BCUT2D eigenvalue weighted by Gasteiger charge is -2.32. The van der Waals surface area contributed by atoms with Gasteiger partial charge in [0.2, 0.25) is 11.8 Å². The third-order valence-electron chi connectivity index (χ3n) is 5.66. The fourth-order valence-corrected chi connectivity index (χ4v) is 4.42. The highest BCUT2D eigenvalue weighted by Gasteiger charge is 2.24. The van der Waals surface area contributed by atoms with Crippen LogP contribution in [0.1, 0.15) is 56.9 Å². The van der Waals surface area contributed by atoms with Gasteiger partial charge in [0.1, 0.15) is 5.75 Å². The van der Waals surface area contributed by atoms with Gasteiger partial charge in [-0.05, 0) is 53.8 Å². The second kappa shape index (κ2) is 10.8. The van der Waals surface area contributed by atoms with Crippen molar-refractivity contribution >= 4 is 23.2 Å². The van der Waals surface area contributed by atoms with Crippen molar-refractivity contribution in [2.45, 2.75) is 64.3 Å². The first kappa shape index (κ1) is 23.3. The summed E-state index contributed by atoms with van der Waals surface area (Å²) in [6.45, 7) is 8.51. The molecule has 0 saturated carbocycles. The van der Waals surface area contributed by atoms with E-state index in [1.165, 1.54) is 5.56 Å². The molecular weight excluding hydrogens is 408 g/mol. The number of rotatable bonds is 8. The van der Waals surface area contributed by atoms with Gasteiger partial charge < -0.3 is 15.0 Å². The van der Waals surface area contributed by atoms with Crippen LogP contribution < -0.4 is 10.1 Å². The highest BCUT2D eigenvalue weighted by Crippen LogP contribution is 2.24. The summed E-state index contributed by atoms with van der Waals surface area (Å²) in [6, 6.07) is 12.3. The van der Waals surface area contributed by atoms with Gasteiger partial charge in [0.15, 0.2) is 0 Å². The minimum absolute atomic E-state index is 0.0649. The van der Waals surface area contributed by atoms with Gasteiger partial charge in [0.25, 0.3) is 0 Å². The quantitative estimate of drug-likeness (QED) is 0.610. The van der Waals surface area contributed by atoms with E-state index in [2.05, 4.69) is 38.2 Å². The number of nitrogens with zero attached hydrogens (tertiary/aromatic N) is 1. The van der Waals surface area contributed by atoms with Crippen LogP contribution in [0.3, 0.4) is 0 Å². The third-order valence-corrected chi connectivity index (χ3v) is 6.53. The molecule has 0 unspecified atom stereocenters. The molecule has 0 bridgehead atoms. The van der Waals surface area contributed by atoms with Crippen molar-refractivity contribution in [3.8, 4) is 5.75 Å². The van der Waals surface area contributed by atoms with E-state index in [1.54, 1.807) is 11.3 Å². The maximum Gasteiger partial charge on any atom is 0.227 e. The number of carbonyl (C=O) groups is 2. The zero-order chi connectivity index (χ0) is 22.3. The summed E-state index contributed by atoms with van der Waals surface area (Å²) >= 11 is 1.62. The molecule has 1 aliphatic rings. The van der Waals surface area contributed by atoms with Gasteiger partial charge >= 0.3 is 0 Å². The number of carbonyl (C=O) groups excluding carboxylic acids is 2. The van der Waals surface area contributed by atoms with E-state index in [4.69, 9.17) is 4.74 Å². The van der Waals surface area contributed by atoms with Crippen molar-refractivity contribution in [1.29, 1.82) is 0 Å². The van der Waals surface area contributed by atoms with Gasteiger partial charge in [0, 0.05) is 30.4 Å². The van der Waals surface area contributed by atoms with E-state index in [-0.39, 0.29) is 23.3 Å². The smallest absolute Gasteiger partial charge is 0.227 e. The van der Waals surface area contributed by atoms with Crippen LogP contribution in [0.15, 0.2) is 41.8 Å². The van der Waals surface area contributed by atoms with E-state index in [0.717, 1.165) is 23.5 Å². The first-order valence-corrected chi connectivity index (χ1v) is 12.0. The molecule has 0 atom stereocenters. The summed E-state index contributed by atoms with van der Waals surface area (Å²) in [6.07, 6.45) is 3.26. The molecule has 1 aromatic heterocycles. The van der Waals surface area contributed by atoms with Gasteiger partial charge in [-0.25, -0.2) is 0 Å². The van der Waals surface area contributed by atoms with Crippen molar-refractivity contribution in [2.75, 3.05) is 19.7 Å². The van der Waals surface area contributed by atoms with E-state index < -0.39 is 0 Å². The standard InChI is InChI=1S/C25H34N2O3S/c1-25(2,3)19-8-10-21(11-9-19)30-16-4-7-23(28)26-20-12-14-27(15-13-20)24(29)18-22-6-5-17-31-22/h5-6,8-11,17,20H,4,7,12-16,18H2,1-3H3,(H,26,28). The lowest BCUT2D eigenvalue weighted by Crippen LogP contribution is -2.46. The summed E-state index contributed by atoms with van der Waals surface area (Å²) in [4.78, 5) is 27.7. The van der Waals surface area contributed by atoms with E-state index in [0.29, 0.717) is 39.0 Å². The normalized spacial score (nSPS) is 15.0. The van der Waals surface area contributed by atoms with Gasteiger partial charge in [-0.2, -0.15) is 0 Å². The maximum absolute atomic E-state index is 12.4. The molecule has 5 nitrogen and oxygen atoms in total. The van der Waals surface area contributed by atoms with Crippen LogP contribution in [-0.4, -0.2) is 42.5 Å². The summed E-state index contributed by atoms with van der Waals surface area (Å²) < 4.78 is 5.77. The topological polar surface area (TPSA) is 58.6 Å². The number of piperidine rings is 1. The minimum Gasteiger partial charge on any atom is -0.494 e. The molecule has 1 aromatic carbocycles. The van der Waals surface area contributed by atoms with Crippen LogP contribution in [0.5, 0.6) is 5.75 Å². The lowest BCUT2D eigenvalue weighted by molar-refractivity contribution is -0.131. The van der Waals surface area contributed by atoms with Crippen LogP contribution in [0.25, 0.3) is 0 Å². The van der Waals surface area contributed by atoms with Crippen LogP contribution in [0.4, 0.5) is 0 Å². The monoisotopic (exact) mass is 442 g/mol. The largest absolute Gasteiger partial charge is 0.494 e. The molecule has 1 aliphatic heterocycles. The minimum atomic E-state index is 0.0649. The van der Waals surface area contributed by atoms with Gasteiger partial charge in [-0.1, -0.05) is 39.0 Å². The molecule has 2 amide bonds. The fraction of sp³-hybridized carbons (Fsp3) is 0.520. The molecule has 0 spiro atoms. The molecule has 0 aliphatic carbocycles. The summed E-state index contributed by atoms with van der Waals surface area (Å²) in [7, 11) is 0. The molecule has 168 valence electrons. The number of ether oxygens (including phenoxy) is 1. The Morgan fingerprint density at radius 3 is 2.45 bits per heavy atom. The zero-order valence-electron chi connectivity index (χ0n) is 18.9. The average Bonchev–Trinajstić information content (AvgIpc) is 3.24. The predicted molar refractivity (Wildman–Crippen MR) is 126 cm³/mol. The first-order chi connectivity index (χ1) is 14.8. The van der Waals surface area contributed by atoms with Gasteiger partial charge in [0.05, 0.1) is 13.0 Å². The molecule has 0 radical (unpaired) electrons. The number of benzene rings is 1. The number of hydrogen-bond acceptors (Lipinski definition) is 4. The molecule has 2 aromatic rings. The van der Waals surface area contributed by atoms with Crippen LogP contribution in [-0.2, 0) is 21.4 Å². The van der Waals surface area contributed by atoms with E-state index in [9.17, 15) is 9.59 Å². The number of thiophene rings is 1. The van der Waals surface area contributed by atoms with Crippen molar-refractivity contribution in [1.82, 2.24) is 10.2 Å².